The van der Waals surface area contributed by atoms with Crippen LogP contribution in [0.5, 0.6) is 0 Å². The van der Waals surface area contributed by atoms with Crippen LogP contribution < -0.4 is 10.9 Å². The summed E-state index contributed by atoms with van der Waals surface area (Å²) in [7, 11) is 0. The second-order valence-electron chi connectivity index (χ2n) is 6.91. The van der Waals surface area contributed by atoms with Crippen molar-refractivity contribution in [1.82, 2.24) is 19.9 Å². The fourth-order valence-electron chi connectivity index (χ4n) is 3.43. The number of rotatable bonds is 4. The zero-order valence-corrected chi connectivity index (χ0v) is 15.6. The van der Waals surface area contributed by atoms with Gasteiger partial charge in [0.1, 0.15) is 5.82 Å². The number of H-pyrrole nitrogens is 1. The van der Waals surface area contributed by atoms with Gasteiger partial charge in [0.15, 0.2) is 0 Å². The van der Waals surface area contributed by atoms with Gasteiger partial charge in [-0.05, 0) is 36.2 Å². The smallest absolute Gasteiger partial charge is 0.254 e. The average Bonchev–Trinajstić information content (AvgIpc) is 2.69. The van der Waals surface area contributed by atoms with Crippen LogP contribution in [0.1, 0.15) is 23.7 Å². The average molecular weight is 375 g/mol. The van der Waals surface area contributed by atoms with E-state index in [1.54, 1.807) is 12.4 Å². The van der Waals surface area contributed by atoms with Gasteiger partial charge in [-0.15, -0.1) is 0 Å². The van der Waals surface area contributed by atoms with E-state index >= 15 is 0 Å². The molecule has 0 aliphatic carbocycles. The predicted octanol–water partition coefficient (Wildman–Crippen LogP) is 2.35. The Morgan fingerprint density at radius 1 is 1.18 bits per heavy atom. The minimum Gasteiger partial charge on any atom is -0.326 e. The van der Waals surface area contributed by atoms with Crippen LogP contribution in [0.4, 0.5) is 5.69 Å². The second kappa shape index (κ2) is 7.74. The van der Waals surface area contributed by atoms with E-state index < -0.39 is 0 Å². The van der Waals surface area contributed by atoms with E-state index in [2.05, 4.69) is 20.2 Å². The van der Waals surface area contributed by atoms with Crippen LogP contribution >= 0.6 is 0 Å². The van der Waals surface area contributed by atoms with Gasteiger partial charge in [0.05, 0.1) is 5.69 Å². The van der Waals surface area contributed by atoms with E-state index in [-0.39, 0.29) is 11.5 Å². The Bertz CT molecular complexity index is 1040. The van der Waals surface area contributed by atoms with Gasteiger partial charge >= 0.3 is 0 Å². The van der Waals surface area contributed by atoms with Crippen LogP contribution in [-0.2, 0) is 24.3 Å². The number of aromatic nitrogens is 3. The van der Waals surface area contributed by atoms with Crippen molar-refractivity contribution in [2.75, 3.05) is 11.9 Å². The van der Waals surface area contributed by atoms with E-state index in [1.807, 2.05) is 36.4 Å². The van der Waals surface area contributed by atoms with Crippen molar-refractivity contribution in [2.24, 2.45) is 0 Å². The maximum absolute atomic E-state index is 12.5. The number of nitrogens with one attached hydrogen (secondary N) is 2. The van der Waals surface area contributed by atoms with Gasteiger partial charge < -0.3 is 10.3 Å². The molecule has 0 saturated heterocycles. The van der Waals surface area contributed by atoms with Crippen LogP contribution in [0.3, 0.4) is 0 Å². The number of hydrogen-bond donors (Lipinski definition) is 2. The lowest BCUT2D eigenvalue weighted by Crippen LogP contribution is -2.35. The largest absolute Gasteiger partial charge is 0.326 e. The second-order valence-corrected chi connectivity index (χ2v) is 6.91. The molecule has 0 unspecified atom stereocenters. The van der Waals surface area contributed by atoms with E-state index in [1.165, 1.54) is 6.92 Å². The Morgan fingerprint density at radius 3 is 2.64 bits per heavy atom. The standard InChI is InChI=1S/C21H21N5O2/c1-14(27)23-17-4-2-15(3-5-17)12-26-11-8-18-19(13-26)24-20(25-21(18)28)16-6-9-22-10-7-16/h2-7,9-10H,8,11-13H2,1H3,(H,23,27)(H,24,25,28). The molecule has 0 radical (unpaired) electrons. The quantitative estimate of drug-likeness (QED) is 0.730. The highest BCUT2D eigenvalue weighted by Gasteiger charge is 2.21. The Morgan fingerprint density at radius 2 is 1.93 bits per heavy atom. The molecule has 1 amide bonds. The third-order valence-electron chi connectivity index (χ3n) is 4.79. The lowest BCUT2D eigenvalue weighted by Gasteiger charge is -2.27. The number of benzene rings is 1. The number of carbonyl (C=O) groups is 1. The first kappa shape index (κ1) is 18.1. The summed E-state index contributed by atoms with van der Waals surface area (Å²) in [4.78, 5) is 37.5. The number of hydrogen-bond acceptors (Lipinski definition) is 5. The number of nitrogens with zero attached hydrogens (tertiary/aromatic N) is 3. The molecule has 3 heterocycles. The molecule has 142 valence electrons. The zero-order chi connectivity index (χ0) is 19.5. The summed E-state index contributed by atoms with van der Waals surface area (Å²) in [6.07, 6.45) is 4.05. The number of anilines is 1. The molecule has 7 nitrogen and oxygen atoms in total. The Balaban J connectivity index is 1.52. The molecule has 2 N–H and O–H groups in total. The Hall–Kier alpha value is -3.32. The number of aromatic amines is 1. The molecule has 0 bridgehead atoms. The minimum absolute atomic E-state index is 0.0591. The monoisotopic (exact) mass is 375 g/mol. The SMILES string of the molecule is CC(=O)Nc1ccc(CN2CCc3c(nc(-c4ccncc4)[nH]c3=O)C2)cc1. The molecular weight excluding hydrogens is 354 g/mol. The highest BCUT2D eigenvalue weighted by atomic mass is 16.1. The summed E-state index contributed by atoms with van der Waals surface area (Å²) in [5.74, 6) is 0.495. The first-order valence-electron chi connectivity index (χ1n) is 9.20. The molecule has 1 aliphatic rings. The van der Waals surface area contributed by atoms with Crippen molar-refractivity contribution in [3.05, 3.63) is 76.0 Å². The zero-order valence-electron chi connectivity index (χ0n) is 15.6. The number of carbonyl (C=O) groups excluding carboxylic acids is 1. The highest BCUT2D eigenvalue weighted by molar-refractivity contribution is 5.88. The maximum atomic E-state index is 12.5. The van der Waals surface area contributed by atoms with Gasteiger partial charge in [-0.3, -0.25) is 19.5 Å². The third-order valence-corrected chi connectivity index (χ3v) is 4.79. The summed E-state index contributed by atoms with van der Waals surface area (Å²) in [5.41, 5.74) is 4.33. The summed E-state index contributed by atoms with van der Waals surface area (Å²) < 4.78 is 0. The molecule has 3 aromatic rings. The van der Waals surface area contributed by atoms with Gasteiger partial charge in [-0.25, -0.2) is 4.98 Å². The van der Waals surface area contributed by atoms with Gasteiger partial charge in [0.2, 0.25) is 5.91 Å². The molecule has 0 fully saturated rings. The van der Waals surface area contributed by atoms with E-state index in [9.17, 15) is 9.59 Å². The van der Waals surface area contributed by atoms with Crippen LogP contribution in [0.25, 0.3) is 11.4 Å². The van der Waals surface area contributed by atoms with Crippen molar-refractivity contribution in [3.63, 3.8) is 0 Å². The minimum atomic E-state index is -0.0818. The lowest BCUT2D eigenvalue weighted by molar-refractivity contribution is -0.114. The third kappa shape index (κ3) is 3.99. The molecule has 2 aromatic heterocycles. The van der Waals surface area contributed by atoms with Crippen LogP contribution in [0, 0.1) is 0 Å². The topological polar surface area (TPSA) is 91.0 Å². The molecule has 1 aliphatic heterocycles. The number of fused-ring (bicyclic) bond motifs is 1. The van der Waals surface area contributed by atoms with Gasteiger partial charge in [-0.2, -0.15) is 0 Å². The molecule has 0 spiro atoms. The molecule has 28 heavy (non-hydrogen) atoms. The Labute approximate surface area is 162 Å². The van der Waals surface area contributed by atoms with Gasteiger partial charge in [0.25, 0.3) is 5.56 Å². The van der Waals surface area contributed by atoms with Crippen LogP contribution in [0.15, 0.2) is 53.6 Å². The predicted molar refractivity (Wildman–Crippen MR) is 107 cm³/mol. The van der Waals surface area contributed by atoms with Crippen molar-refractivity contribution < 1.29 is 4.79 Å². The van der Waals surface area contributed by atoms with Crippen molar-refractivity contribution in [2.45, 2.75) is 26.4 Å². The fourth-order valence-corrected chi connectivity index (χ4v) is 3.43. The molecule has 0 saturated carbocycles. The van der Waals surface area contributed by atoms with E-state index in [4.69, 9.17) is 4.98 Å². The van der Waals surface area contributed by atoms with Crippen molar-refractivity contribution >= 4 is 11.6 Å². The fraction of sp³-hybridized carbons (Fsp3) is 0.238. The first-order valence-corrected chi connectivity index (χ1v) is 9.20. The Kier molecular flexibility index (Phi) is 4.99. The summed E-state index contributed by atoms with van der Waals surface area (Å²) in [5, 5.41) is 2.77. The van der Waals surface area contributed by atoms with E-state index in [0.29, 0.717) is 18.8 Å². The van der Waals surface area contributed by atoms with Crippen LogP contribution in [0.2, 0.25) is 0 Å². The lowest BCUT2D eigenvalue weighted by atomic mass is 10.0. The van der Waals surface area contributed by atoms with E-state index in [0.717, 1.165) is 41.2 Å². The molecule has 1 aromatic carbocycles. The summed E-state index contributed by atoms with van der Waals surface area (Å²) in [6, 6.07) is 11.5. The molecular formula is C21H21N5O2. The summed E-state index contributed by atoms with van der Waals surface area (Å²) in [6.45, 7) is 3.69. The van der Waals surface area contributed by atoms with Crippen molar-refractivity contribution in [1.29, 1.82) is 0 Å². The number of amides is 1. The molecule has 7 heteroatoms. The normalized spacial score (nSPS) is 13.8. The summed E-state index contributed by atoms with van der Waals surface area (Å²) >= 11 is 0. The first-order chi connectivity index (χ1) is 13.6. The highest BCUT2D eigenvalue weighted by Crippen LogP contribution is 2.20. The van der Waals surface area contributed by atoms with Gasteiger partial charge in [-0.1, -0.05) is 12.1 Å². The molecule has 0 atom stereocenters. The maximum Gasteiger partial charge on any atom is 0.254 e. The molecule has 4 rings (SSSR count). The van der Waals surface area contributed by atoms with Crippen LogP contribution in [-0.4, -0.2) is 32.3 Å². The van der Waals surface area contributed by atoms with Crippen molar-refractivity contribution in [3.8, 4) is 11.4 Å². The number of pyridine rings is 1. The van der Waals surface area contributed by atoms with Gasteiger partial charge in [0, 0.05) is 55.8 Å².